The summed E-state index contributed by atoms with van der Waals surface area (Å²) in [5.74, 6) is 1.53. The zero-order chi connectivity index (χ0) is 12.3. The molecule has 1 aliphatic carbocycles. The lowest BCUT2D eigenvalue weighted by Crippen LogP contribution is -2.36. The van der Waals surface area contributed by atoms with E-state index in [0.29, 0.717) is 0 Å². The Morgan fingerprint density at radius 3 is 2.35 bits per heavy atom. The van der Waals surface area contributed by atoms with E-state index in [1.165, 1.54) is 0 Å². The van der Waals surface area contributed by atoms with Crippen molar-refractivity contribution in [1.82, 2.24) is 0 Å². The van der Waals surface area contributed by atoms with Gasteiger partial charge in [-0.3, -0.25) is 0 Å². The summed E-state index contributed by atoms with van der Waals surface area (Å²) in [7, 11) is 0. The first kappa shape index (κ1) is 12.7. The number of ether oxygens (including phenoxy) is 2. The SMILES string of the molecule is CC(C)C1CCC(O)(CCC2OC=CO2)CC1. The fourth-order valence-electron chi connectivity index (χ4n) is 2.89. The fraction of sp³-hybridized carbons (Fsp3) is 0.857. The van der Waals surface area contributed by atoms with Crippen molar-refractivity contribution in [2.75, 3.05) is 0 Å². The first-order chi connectivity index (χ1) is 8.09. The maximum Gasteiger partial charge on any atom is 0.239 e. The van der Waals surface area contributed by atoms with E-state index in [0.717, 1.165) is 50.4 Å². The minimum atomic E-state index is -0.485. The predicted octanol–water partition coefficient (Wildman–Crippen LogP) is 3.19. The highest BCUT2D eigenvalue weighted by molar-refractivity contribution is 4.87. The average Bonchev–Trinajstić information content (AvgIpc) is 2.80. The summed E-state index contributed by atoms with van der Waals surface area (Å²) in [5, 5.41) is 10.5. The summed E-state index contributed by atoms with van der Waals surface area (Å²) in [4.78, 5) is 0. The second-order valence-electron chi connectivity index (χ2n) is 5.82. The topological polar surface area (TPSA) is 38.7 Å². The summed E-state index contributed by atoms with van der Waals surface area (Å²) in [5.41, 5.74) is -0.485. The van der Waals surface area contributed by atoms with Gasteiger partial charge in [0.05, 0.1) is 5.60 Å². The lowest BCUT2D eigenvalue weighted by molar-refractivity contribution is -0.0690. The van der Waals surface area contributed by atoms with Crippen LogP contribution in [0.25, 0.3) is 0 Å². The smallest absolute Gasteiger partial charge is 0.239 e. The van der Waals surface area contributed by atoms with Crippen molar-refractivity contribution in [3.8, 4) is 0 Å². The zero-order valence-corrected chi connectivity index (χ0v) is 10.9. The second-order valence-corrected chi connectivity index (χ2v) is 5.82. The molecule has 1 aliphatic heterocycles. The molecule has 0 spiro atoms. The second kappa shape index (κ2) is 5.30. The highest BCUT2D eigenvalue weighted by atomic mass is 16.7. The highest BCUT2D eigenvalue weighted by Crippen LogP contribution is 2.38. The van der Waals surface area contributed by atoms with Crippen LogP contribution in [-0.2, 0) is 9.47 Å². The van der Waals surface area contributed by atoms with Crippen molar-refractivity contribution in [2.45, 2.75) is 64.3 Å². The van der Waals surface area contributed by atoms with E-state index in [9.17, 15) is 5.11 Å². The Balaban J connectivity index is 1.73. The van der Waals surface area contributed by atoms with Crippen LogP contribution in [0.2, 0.25) is 0 Å². The molecular weight excluding hydrogens is 216 g/mol. The van der Waals surface area contributed by atoms with Crippen LogP contribution in [0.5, 0.6) is 0 Å². The molecule has 1 fully saturated rings. The Bertz CT molecular complexity index is 257. The Morgan fingerprint density at radius 1 is 1.24 bits per heavy atom. The third-order valence-corrected chi connectivity index (χ3v) is 4.27. The maximum absolute atomic E-state index is 10.5. The van der Waals surface area contributed by atoms with Crippen molar-refractivity contribution < 1.29 is 14.6 Å². The minimum Gasteiger partial charge on any atom is -0.459 e. The molecule has 3 nitrogen and oxygen atoms in total. The Labute approximate surface area is 104 Å². The van der Waals surface area contributed by atoms with Crippen LogP contribution in [0.4, 0.5) is 0 Å². The number of rotatable bonds is 4. The van der Waals surface area contributed by atoms with E-state index >= 15 is 0 Å². The average molecular weight is 240 g/mol. The molecule has 0 atom stereocenters. The number of aliphatic hydroxyl groups is 1. The van der Waals surface area contributed by atoms with Gasteiger partial charge in [0, 0.05) is 6.42 Å². The van der Waals surface area contributed by atoms with Gasteiger partial charge in [0.25, 0.3) is 0 Å². The molecule has 98 valence electrons. The quantitative estimate of drug-likeness (QED) is 0.820. The third-order valence-electron chi connectivity index (χ3n) is 4.27. The summed E-state index contributed by atoms with van der Waals surface area (Å²) >= 11 is 0. The van der Waals surface area contributed by atoms with E-state index in [4.69, 9.17) is 9.47 Å². The van der Waals surface area contributed by atoms with Crippen LogP contribution in [0, 0.1) is 11.8 Å². The minimum absolute atomic E-state index is 0.179. The standard InChI is InChI=1S/C14H24O3/c1-11(2)12-3-6-14(15,7-4-12)8-5-13-16-9-10-17-13/h9-13,15H,3-8H2,1-2H3. The largest absolute Gasteiger partial charge is 0.459 e. The molecule has 0 aromatic heterocycles. The molecule has 0 amide bonds. The molecule has 0 unspecified atom stereocenters. The van der Waals surface area contributed by atoms with E-state index in [1.807, 2.05) is 0 Å². The lowest BCUT2D eigenvalue weighted by Gasteiger charge is -2.37. The predicted molar refractivity (Wildman–Crippen MR) is 66.1 cm³/mol. The van der Waals surface area contributed by atoms with Crippen molar-refractivity contribution in [2.24, 2.45) is 11.8 Å². The van der Waals surface area contributed by atoms with Gasteiger partial charge in [-0.25, -0.2) is 0 Å². The van der Waals surface area contributed by atoms with Gasteiger partial charge in [-0.15, -0.1) is 0 Å². The molecule has 0 aromatic carbocycles. The van der Waals surface area contributed by atoms with Gasteiger partial charge in [-0.1, -0.05) is 13.8 Å². The van der Waals surface area contributed by atoms with E-state index in [2.05, 4.69) is 13.8 Å². The molecule has 0 saturated heterocycles. The van der Waals surface area contributed by atoms with Crippen LogP contribution in [-0.4, -0.2) is 17.0 Å². The first-order valence-electron chi connectivity index (χ1n) is 6.77. The molecule has 2 rings (SSSR count). The van der Waals surface area contributed by atoms with Crippen LogP contribution in [0.1, 0.15) is 52.4 Å². The zero-order valence-electron chi connectivity index (χ0n) is 10.9. The Hall–Kier alpha value is -0.700. The van der Waals surface area contributed by atoms with Crippen molar-refractivity contribution in [3.63, 3.8) is 0 Å². The monoisotopic (exact) mass is 240 g/mol. The molecule has 1 N–H and O–H groups in total. The fourth-order valence-corrected chi connectivity index (χ4v) is 2.89. The van der Waals surface area contributed by atoms with E-state index in [1.54, 1.807) is 12.5 Å². The van der Waals surface area contributed by atoms with Crippen molar-refractivity contribution in [1.29, 1.82) is 0 Å². The first-order valence-corrected chi connectivity index (χ1v) is 6.77. The van der Waals surface area contributed by atoms with E-state index < -0.39 is 5.60 Å². The van der Waals surface area contributed by atoms with Gasteiger partial charge in [0.1, 0.15) is 12.5 Å². The third kappa shape index (κ3) is 3.38. The summed E-state index contributed by atoms with van der Waals surface area (Å²) < 4.78 is 10.5. The molecule has 2 aliphatic rings. The number of hydrogen-bond donors (Lipinski definition) is 1. The van der Waals surface area contributed by atoms with Crippen LogP contribution < -0.4 is 0 Å². The Morgan fingerprint density at radius 2 is 1.82 bits per heavy atom. The summed E-state index contributed by atoms with van der Waals surface area (Å²) in [6.45, 7) is 4.56. The maximum atomic E-state index is 10.5. The molecule has 17 heavy (non-hydrogen) atoms. The molecule has 0 radical (unpaired) electrons. The highest BCUT2D eigenvalue weighted by Gasteiger charge is 2.34. The van der Waals surface area contributed by atoms with Gasteiger partial charge in [0.15, 0.2) is 0 Å². The molecule has 3 heteroatoms. The van der Waals surface area contributed by atoms with Gasteiger partial charge in [-0.2, -0.15) is 0 Å². The van der Waals surface area contributed by atoms with Crippen LogP contribution in [0.15, 0.2) is 12.5 Å². The summed E-state index contributed by atoms with van der Waals surface area (Å²) in [6, 6.07) is 0. The van der Waals surface area contributed by atoms with E-state index in [-0.39, 0.29) is 6.29 Å². The van der Waals surface area contributed by atoms with Gasteiger partial charge >= 0.3 is 0 Å². The van der Waals surface area contributed by atoms with Crippen LogP contribution >= 0.6 is 0 Å². The van der Waals surface area contributed by atoms with Crippen LogP contribution in [0.3, 0.4) is 0 Å². The van der Waals surface area contributed by atoms with Gasteiger partial charge < -0.3 is 14.6 Å². The molecule has 0 aromatic rings. The normalized spacial score (nSPS) is 33.8. The number of hydrogen-bond acceptors (Lipinski definition) is 3. The summed E-state index contributed by atoms with van der Waals surface area (Å²) in [6.07, 6.45) is 8.68. The van der Waals surface area contributed by atoms with Gasteiger partial charge in [-0.05, 0) is 43.9 Å². The Kier molecular flexibility index (Phi) is 3.97. The molecule has 1 heterocycles. The molecule has 0 bridgehead atoms. The van der Waals surface area contributed by atoms with Gasteiger partial charge in [0.2, 0.25) is 6.29 Å². The molecular formula is C14H24O3. The lowest BCUT2D eigenvalue weighted by atomic mass is 9.73. The van der Waals surface area contributed by atoms with Crippen molar-refractivity contribution in [3.05, 3.63) is 12.5 Å². The van der Waals surface area contributed by atoms with Crippen molar-refractivity contribution >= 4 is 0 Å². The molecule has 1 saturated carbocycles.